The van der Waals surface area contributed by atoms with Crippen LogP contribution in [0.3, 0.4) is 0 Å². The van der Waals surface area contributed by atoms with Gasteiger partial charge in [0, 0.05) is 10.7 Å². The first-order chi connectivity index (χ1) is 11.6. The SMILES string of the molecule is CC(C)c1c(C(=O)Nc2ccccc2)cnn1-c1cccc(Cl)c1. The van der Waals surface area contributed by atoms with Gasteiger partial charge < -0.3 is 5.32 Å². The molecule has 0 aliphatic carbocycles. The molecule has 2 aromatic carbocycles. The molecule has 0 bridgehead atoms. The number of hydrogen-bond donors (Lipinski definition) is 1. The third-order valence-corrected chi connectivity index (χ3v) is 3.92. The normalized spacial score (nSPS) is 10.8. The molecule has 0 aliphatic rings. The Hall–Kier alpha value is -2.59. The van der Waals surface area contributed by atoms with Crippen molar-refractivity contribution in [2.75, 3.05) is 5.32 Å². The van der Waals surface area contributed by atoms with Crippen molar-refractivity contribution < 1.29 is 4.79 Å². The number of halogens is 1. The van der Waals surface area contributed by atoms with Gasteiger partial charge in [0.1, 0.15) is 0 Å². The molecule has 1 heterocycles. The van der Waals surface area contributed by atoms with E-state index in [1.54, 1.807) is 10.9 Å². The fourth-order valence-corrected chi connectivity index (χ4v) is 2.81. The zero-order chi connectivity index (χ0) is 17.1. The maximum absolute atomic E-state index is 12.7. The lowest BCUT2D eigenvalue weighted by Crippen LogP contribution is -2.15. The minimum absolute atomic E-state index is 0.128. The highest BCUT2D eigenvalue weighted by atomic mass is 35.5. The van der Waals surface area contributed by atoms with Crippen LogP contribution < -0.4 is 5.32 Å². The molecule has 3 aromatic rings. The minimum atomic E-state index is -0.168. The molecule has 0 radical (unpaired) electrons. The first kappa shape index (κ1) is 16.3. The number of rotatable bonds is 4. The van der Waals surface area contributed by atoms with Crippen LogP contribution in [0, 0.1) is 0 Å². The van der Waals surface area contributed by atoms with Crippen LogP contribution in [-0.2, 0) is 0 Å². The number of carbonyl (C=O) groups excluding carboxylic acids is 1. The molecule has 0 unspecified atom stereocenters. The fraction of sp³-hybridized carbons (Fsp3) is 0.158. The van der Waals surface area contributed by atoms with E-state index in [-0.39, 0.29) is 11.8 Å². The Morgan fingerprint density at radius 3 is 2.54 bits per heavy atom. The molecular weight excluding hydrogens is 322 g/mol. The molecule has 3 rings (SSSR count). The van der Waals surface area contributed by atoms with Crippen molar-refractivity contribution >= 4 is 23.2 Å². The van der Waals surface area contributed by atoms with Crippen molar-refractivity contribution in [3.63, 3.8) is 0 Å². The van der Waals surface area contributed by atoms with Gasteiger partial charge in [-0.1, -0.05) is 49.7 Å². The Balaban J connectivity index is 1.99. The van der Waals surface area contributed by atoms with Crippen LogP contribution in [0.2, 0.25) is 5.02 Å². The third kappa shape index (κ3) is 3.34. The number of nitrogens with one attached hydrogen (secondary N) is 1. The van der Waals surface area contributed by atoms with Gasteiger partial charge in [-0.15, -0.1) is 0 Å². The number of hydrogen-bond acceptors (Lipinski definition) is 2. The van der Waals surface area contributed by atoms with Gasteiger partial charge in [0.05, 0.1) is 23.1 Å². The maximum atomic E-state index is 12.7. The molecule has 0 aliphatic heterocycles. The quantitative estimate of drug-likeness (QED) is 0.734. The first-order valence-corrected chi connectivity index (χ1v) is 8.14. The first-order valence-electron chi connectivity index (χ1n) is 7.76. The topological polar surface area (TPSA) is 46.9 Å². The maximum Gasteiger partial charge on any atom is 0.259 e. The summed E-state index contributed by atoms with van der Waals surface area (Å²) in [5, 5.41) is 7.95. The highest BCUT2D eigenvalue weighted by Crippen LogP contribution is 2.25. The van der Waals surface area contributed by atoms with Crippen LogP contribution in [0.15, 0.2) is 60.8 Å². The number of anilines is 1. The number of benzene rings is 2. The van der Waals surface area contributed by atoms with E-state index in [4.69, 9.17) is 11.6 Å². The van der Waals surface area contributed by atoms with Crippen LogP contribution >= 0.6 is 11.6 Å². The highest BCUT2D eigenvalue weighted by molar-refractivity contribution is 6.30. The summed E-state index contributed by atoms with van der Waals surface area (Å²) in [5.41, 5.74) is 3.01. The zero-order valence-electron chi connectivity index (χ0n) is 13.5. The lowest BCUT2D eigenvalue weighted by atomic mass is 10.0. The molecule has 122 valence electrons. The molecule has 0 spiro atoms. The summed E-state index contributed by atoms with van der Waals surface area (Å²) in [6.07, 6.45) is 1.61. The fourth-order valence-electron chi connectivity index (χ4n) is 2.62. The van der Waals surface area contributed by atoms with E-state index in [0.29, 0.717) is 10.6 Å². The lowest BCUT2D eigenvalue weighted by molar-refractivity contribution is 0.102. The van der Waals surface area contributed by atoms with Crippen molar-refractivity contribution in [3.8, 4) is 5.69 Å². The standard InChI is InChI=1S/C19H18ClN3O/c1-13(2)18-17(19(24)22-15-8-4-3-5-9-15)12-21-23(18)16-10-6-7-14(20)11-16/h3-13H,1-2H3,(H,22,24). The summed E-state index contributed by atoms with van der Waals surface area (Å²) >= 11 is 6.08. The summed E-state index contributed by atoms with van der Waals surface area (Å²) < 4.78 is 1.77. The van der Waals surface area contributed by atoms with Gasteiger partial charge in [-0.25, -0.2) is 4.68 Å². The van der Waals surface area contributed by atoms with Gasteiger partial charge in [0.25, 0.3) is 5.91 Å². The van der Waals surface area contributed by atoms with Crippen LogP contribution in [0.25, 0.3) is 5.69 Å². The van der Waals surface area contributed by atoms with Crippen LogP contribution in [0.4, 0.5) is 5.69 Å². The summed E-state index contributed by atoms with van der Waals surface area (Å²) in [5.74, 6) is -0.0406. The van der Waals surface area contributed by atoms with Crippen molar-refractivity contribution in [1.82, 2.24) is 9.78 Å². The molecule has 1 amide bonds. The molecule has 24 heavy (non-hydrogen) atoms. The van der Waals surface area contributed by atoms with Crippen molar-refractivity contribution in [3.05, 3.63) is 77.1 Å². The van der Waals surface area contributed by atoms with E-state index in [9.17, 15) is 4.79 Å². The molecular formula is C19H18ClN3O. The zero-order valence-corrected chi connectivity index (χ0v) is 14.3. The molecule has 0 atom stereocenters. The predicted molar refractivity (Wildman–Crippen MR) is 97.1 cm³/mol. The lowest BCUT2D eigenvalue weighted by Gasteiger charge is -2.13. The molecule has 4 nitrogen and oxygen atoms in total. The molecule has 0 saturated heterocycles. The third-order valence-electron chi connectivity index (χ3n) is 3.68. The van der Waals surface area contributed by atoms with E-state index >= 15 is 0 Å². The van der Waals surface area contributed by atoms with Gasteiger partial charge in [0.2, 0.25) is 0 Å². The Bertz CT molecular complexity index is 856. The Morgan fingerprint density at radius 1 is 1.12 bits per heavy atom. The number of carbonyl (C=O) groups is 1. The van der Waals surface area contributed by atoms with Crippen LogP contribution in [-0.4, -0.2) is 15.7 Å². The number of para-hydroxylation sites is 1. The minimum Gasteiger partial charge on any atom is -0.322 e. The highest BCUT2D eigenvalue weighted by Gasteiger charge is 2.21. The second kappa shape index (κ2) is 6.89. The molecule has 1 N–H and O–H groups in total. The van der Waals surface area contributed by atoms with E-state index in [0.717, 1.165) is 17.1 Å². The summed E-state index contributed by atoms with van der Waals surface area (Å²) in [6.45, 7) is 4.08. The largest absolute Gasteiger partial charge is 0.322 e. The summed E-state index contributed by atoms with van der Waals surface area (Å²) in [6, 6.07) is 16.8. The van der Waals surface area contributed by atoms with Gasteiger partial charge in [0.15, 0.2) is 0 Å². The second-order valence-corrected chi connectivity index (χ2v) is 6.25. The number of aromatic nitrogens is 2. The van der Waals surface area contributed by atoms with E-state index in [1.807, 2.05) is 68.4 Å². The van der Waals surface area contributed by atoms with Crippen molar-refractivity contribution in [2.45, 2.75) is 19.8 Å². The van der Waals surface area contributed by atoms with Crippen LogP contribution in [0.1, 0.15) is 35.8 Å². The Labute approximate surface area is 146 Å². The molecule has 0 saturated carbocycles. The molecule has 0 fully saturated rings. The van der Waals surface area contributed by atoms with E-state index < -0.39 is 0 Å². The number of nitrogens with zero attached hydrogens (tertiary/aromatic N) is 2. The predicted octanol–water partition coefficient (Wildman–Crippen LogP) is 4.90. The van der Waals surface area contributed by atoms with E-state index in [1.165, 1.54) is 0 Å². The molecule has 5 heteroatoms. The monoisotopic (exact) mass is 339 g/mol. The Morgan fingerprint density at radius 2 is 1.88 bits per heavy atom. The van der Waals surface area contributed by atoms with Crippen molar-refractivity contribution in [1.29, 1.82) is 0 Å². The molecule has 1 aromatic heterocycles. The van der Waals surface area contributed by atoms with Gasteiger partial charge >= 0.3 is 0 Å². The summed E-state index contributed by atoms with van der Waals surface area (Å²) in [7, 11) is 0. The average molecular weight is 340 g/mol. The average Bonchev–Trinajstić information content (AvgIpc) is 3.01. The van der Waals surface area contributed by atoms with Gasteiger partial charge in [-0.05, 0) is 36.2 Å². The van der Waals surface area contributed by atoms with E-state index in [2.05, 4.69) is 10.4 Å². The van der Waals surface area contributed by atoms with Gasteiger partial charge in [-0.2, -0.15) is 5.10 Å². The Kier molecular flexibility index (Phi) is 4.67. The summed E-state index contributed by atoms with van der Waals surface area (Å²) in [4.78, 5) is 12.7. The van der Waals surface area contributed by atoms with Crippen molar-refractivity contribution in [2.24, 2.45) is 0 Å². The smallest absolute Gasteiger partial charge is 0.259 e. The van der Waals surface area contributed by atoms with Gasteiger partial charge in [-0.3, -0.25) is 4.79 Å². The second-order valence-electron chi connectivity index (χ2n) is 5.81. The number of amides is 1. The van der Waals surface area contributed by atoms with Crippen LogP contribution in [0.5, 0.6) is 0 Å².